The minimum absolute atomic E-state index is 0.0154. The van der Waals surface area contributed by atoms with Crippen molar-refractivity contribution in [3.63, 3.8) is 0 Å². The highest BCUT2D eigenvalue weighted by Gasteiger charge is 2.17. The zero-order valence-corrected chi connectivity index (χ0v) is 14.7. The zero-order chi connectivity index (χ0) is 17.3. The van der Waals surface area contributed by atoms with Crippen LogP contribution in [0.15, 0.2) is 58.5 Å². The fraction of sp³-hybridized carbons (Fsp3) is 0.125. The fourth-order valence-electron chi connectivity index (χ4n) is 2.32. The molecule has 0 radical (unpaired) electrons. The van der Waals surface area contributed by atoms with E-state index in [0.717, 1.165) is 16.5 Å². The summed E-state index contributed by atoms with van der Waals surface area (Å²) in [4.78, 5) is 12.9. The summed E-state index contributed by atoms with van der Waals surface area (Å²) >= 11 is 1.43. The lowest BCUT2D eigenvalue weighted by atomic mass is 10.2. The molecule has 3 rings (SSSR count). The van der Waals surface area contributed by atoms with Crippen LogP contribution in [-0.4, -0.2) is 25.1 Å². The molecule has 0 saturated heterocycles. The van der Waals surface area contributed by atoms with E-state index in [4.69, 9.17) is 0 Å². The summed E-state index contributed by atoms with van der Waals surface area (Å²) in [6.45, 7) is 0. The number of hydrogen-bond acceptors (Lipinski definition) is 5. The van der Waals surface area contributed by atoms with Crippen LogP contribution in [0, 0.1) is 0 Å². The molecule has 24 heavy (non-hydrogen) atoms. The van der Waals surface area contributed by atoms with Crippen molar-refractivity contribution in [2.75, 3.05) is 6.26 Å². The molecule has 1 N–H and O–H groups in total. The van der Waals surface area contributed by atoms with Gasteiger partial charge in [-0.2, -0.15) is 0 Å². The summed E-state index contributed by atoms with van der Waals surface area (Å²) in [5.41, 5.74) is 3.52. The van der Waals surface area contributed by atoms with Crippen molar-refractivity contribution in [3.8, 4) is 0 Å². The molecule has 6 nitrogen and oxygen atoms in total. The molecule has 0 aliphatic heterocycles. The molecule has 2 aromatic carbocycles. The van der Waals surface area contributed by atoms with E-state index in [1.54, 1.807) is 12.1 Å². The second-order valence-electron chi connectivity index (χ2n) is 5.23. The molecule has 0 atom stereocenters. The number of nitrogens with zero attached hydrogens (tertiary/aromatic N) is 2. The number of rotatable bonds is 3. The zero-order valence-electron chi connectivity index (χ0n) is 13.1. The van der Waals surface area contributed by atoms with Gasteiger partial charge in [0, 0.05) is 13.3 Å². The van der Waals surface area contributed by atoms with Crippen molar-refractivity contribution >= 4 is 37.3 Å². The molecule has 0 bridgehead atoms. The standard InChI is InChI=1S/C16H15N3O3S2/c1-19-12-8-4-5-9-13(12)23-16(19)18-17-15(20)11-7-3-6-10-14(11)24(2,21)22/h3-10H,1-2H3,(H,17,20)/b18-16-. The number of thiazole rings is 1. The Kier molecular flexibility index (Phi) is 4.25. The number of aromatic nitrogens is 1. The van der Waals surface area contributed by atoms with Gasteiger partial charge in [0.25, 0.3) is 5.91 Å². The van der Waals surface area contributed by atoms with Gasteiger partial charge >= 0.3 is 0 Å². The number of aryl methyl sites for hydroxylation is 1. The van der Waals surface area contributed by atoms with Gasteiger partial charge in [-0.3, -0.25) is 4.79 Å². The molecule has 0 saturated carbocycles. The summed E-state index contributed by atoms with van der Waals surface area (Å²) in [5.74, 6) is -0.562. The van der Waals surface area contributed by atoms with E-state index in [1.807, 2.05) is 35.9 Å². The van der Waals surface area contributed by atoms with Crippen LogP contribution < -0.4 is 10.2 Å². The third-order valence-corrected chi connectivity index (χ3v) is 5.77. The fourth-order valence-corrected chi connectivity index (χ4v) is 4.19. The normalized spacial score (nSPS) is 12.5. The number of fused-ring (bicyclic) bond motifs is 1. The predicted octanol–water partition coefficient (Wildman–Crippen LogP) is 1.89. The Morgan fingerprint density at radius 1 is 1.12 bits per heavy atom. The highest BCUT2D eigenvalue weighted by atomic mass is 32.2. The molecule has 1 amide bonds. The van der Waals surface area contributed by atoms with Crippen LogP contribution in [0.3, 0.4) is 0 Å². The van der Waals surface area contributed by atoms with Gasteiger partial charge in [0.2, 0.25) is 4.80 Å². The monoisotopic (exact) mass is 361 g/mol. The van der Waals surface area contributed by atoms with Crippen LogP contribution in [0.1, 0.15) is 10.4 Å². The smallest absolute Gasteiger partial charge is 0.272 e. The Hall–Kier alpha value is -2.45. The molecule has 1 aromatic heterocycles. The summed E-state index contributed by atoms with van der Waals surface area (Å²) in [6.07, 6.45) is 1.07. The first-order valence-electron chi connectivity index (χ1n) is 7.05. The van der Waals surface area contributed by atoms with Crippen molar-refractivity contribution in [2.24, 2.45) is 12.1 Å². The third-order valence-electron chi connectivity index (χ3n) is 3.50. The van der Waals surface area contributed by atoms with Crippen molar-refractivity contribution in [3.05, 3.63) is 58.9 Å². The maximum atomic E-state index is 12.3. The summed E-state index contributed by atoms with van der Waals surface area (Å²) in [5, 5.41) is 4.13. The van der Waals surface area contributed by atoms with Crippen LogP contribution in [-0.2, 0) is 16.9 Å². The first-order valence-corrected chi connectivity index (χ1v) is 9.76. The number of amides is 1. The number of carbonyl (C=O) groups is 1. The number of nitrogens with one attached hydrogen (secondary N) is 1. The summed E-state index contributed by atoms with van der Waals surface area (Å²) in [7, 11) is -1.64. The lowest BCUT2D eigenvalue weighted by Crippen LogP contribution is -2.24. The van der Waals surface area contributed by atoms with E-state index >= 15 is 0 Å². The molecule has 8 heteroatoms. The molecule has 1 heterocycles. The van der Waals surface area contributed by atoms with E-state index in [2.05, 4.69) is 10.5 Å². The van der Waals surface area contributed by atoms with Crippen LogP contribution in [0.4, 0.5) is 0 Å². The Morgan fingerprint density at radius 2 is 1.79 bits per heavy atom. The van der Waals surface area contributed by atoms with E-state index in [1.165, 1.54) is 23.5 Å². The number of benzene rings is 2. The van der Waals surface area contributed by atoms with Gasteiger partial charge in [-0.1, -0.05) is 35.6 Å². The number of hydrogen-bond donors (Lipinski definition) is 1. The second-order valence-corrected chi connectivity index (χ2v) is 8.23. The number of para-hydroxylation sites is 1. The van der Waals surface area contributed by atoms with Gasteiger partial charge in [-0.15, -0.1) is 5.10 Å². The quantitative estimate of drug-likeness (QED) is 0.724. The van der Waals surface area contributed by atoms with Crippen LogP contribution in [0.5, 0.6) is 0 Å². The van der Waals surface area contributed by atoms with Gasteiger partial charge < -0.3 is 4.57 Å². The molecular weight excluding hydrogens is 346 g/mol. The molecule has 124 valence electrons. The van der Waals surface area contributed by atoms with Gasteiger partial charge in [0.05, 0.1) is 20.7 Å². The molecule has 0 spiro atoms. The lowest BCUT2D eigenvalue weighted by molar-refractivity contribution is 0.0949. The Bertz CT molecular complexity index is 1090. The van der Waals surface area contributed by atoms with E-state index in [9.17, 15) is 13.2 Å². The average molecular weight is 361 g/mol. The molecule has 0 unspecified atom stereocenters. The molecule has 0 aliphatic carbocycles. The van der Waals surface area contributed by atoms with E-state index < -0.39 is 15.7 Å². The van der Waals surface area contributed by atoms with Crippen LogP contribution >= 0.6 is 11.3 Å². The minimum atomic E-state index is -3.50. The first kappa shape index (κ1) is 16.4. The Balaban J connectivity index is 1.98. The minimum Gasteiger partial charge on any atom is -0.318 e. The average Bonchev–Trinajstić information content (AvgIpc) is 2.88. The van der Waals surface area contributed by atoms with Crippen LogP contribution in [0.25, 0.3) is 10.2 Å². The van der Waals surface area contributed by atoms with Crippen LogP contribution in [0.2, 0.25) is 0 Å². The highest BCUT2D eigenvalue weighted by molar-refractivity contribution is 7.90. The van der Waals surface area contributed by atoms with Gasteiger partial charge in [-0.05, 0) is 24.3 Å². The SMILES string of the molecule is Cn1/c(=N/NC(=O)c2ccccc2S(C)(=O)=O)sc2ccccc21. The van der Waals surface area contributed by atoms with Crippen molar-refractivity contribution < 1.29 is 13.2 Å². The van der Waals surface area contributed by atoms with Crippen molar-refractivity contribution in [1.82, 2.24) is 9.99 Å². The predicted molar refractivity (Wildman–Crippen MR) is 93.4 cm³/mol. The van der Waals surface area contributed by atoms with Gasteiger partial charge in [0.15, 0.2) is 9.84 Å². The molecule has 3 aromatic rings. The molecule has 0 fully saturated rings. The maximum Gasteiger partial charge on any atom is 0.272 e. The first-order chi connectivity index (χ1) is 11.4. The largest absolute Gasteiger partial charge is 0.318 e. The molecule has 0 aliphatic rings. The highest BCUT2D eigenvalue weighted by Crippen LogP contribution is 2.16. The summed E-state index contributed by atoms with van der Waals surface area (Å²) in [6, 6.07) is 13.9. The molecular formula is C16H15N3O3S2. The Morgan fingerprint density at radius 3 is 2.50 bits per heavy atom. The number of carbonyl (C=O) groups excluding carboxylic acids is 1. The lowest BCUT2D eigenvalue weighted by Gasteiger charge is -2.05. The van der Waals surface area contributed by atoms with Crippen molar-refractivity contribution in [1.29, 1.82) is 0 Å². The third kappa shape index (κ3) is 3.10. The summed E-state index contributed by atoms with van der Waals surface area (Å²) < 4.78 is 26.5. The second kappa shape index (κ2) is 6.21. The van der Waals surface area contributed by atoms with Gasteiger partial charge in [-0.25, -0.2) is 13.8 Å². The topological polar surface area (TPSA) is 80.5 Å². The Labute approximate surface area is 143 Å². The number of sulfone groups is 1. The van der Waals surface area contributed by atoms with Gasteiger partial charge in [0.1, 0.15) is 0 Å². The maximum absolute atomic E-state index is 12.3. The van der Waals surface area contributed by atoms with Crippen molar-refractivity contribution in [2.45, 2.75) is 4.90 Å². The van der Waals surface area contributed by atoms with E-state index in [0.29, 0.717) is 4.80 Å². The van der Waals surface area contributed by atoms with E-state index in [-0.39, 0.29) is 10.5 Å².